The molecule has 0 heterocycles. The summed E-state index contributed by atoms with van der Waals surface area (Å²) in [5.74, 6) is 2.87. The highest BCUT2D eigenvalue weighted by Gasteiger charge is 2.28. The quantitative estimate of drug-likeness (QED) is 0.617. The maximum atomic E-state index is 3.87. The van der Waals surface area contributed by atoms with Crippen LogP contribution in [0.15, 0.2) is 12.7 Å². The van der Waals surface area contributed by atoms with Crippen LogP contribution in [0.4, 0.5) is 0 Å². The summed E-state index contributed by atoms with van der Waals surface area (Å²) in [7, 11) is 0. The van der Waals surface area contributed by atoms with E-state index in [1.807, 2.05) is 0 Å². The van der Waals surface area contributed by atoms with Gasteiger partial charge in [0.05, 0.1) is 0 Å². The first-order chi connectivity index (χ1) is 8.31. The number of hydrogen-bond donors (Lipinski definition) is 1. The minimum Gasteiger partial charge on any atom is -0.317 e. The lowest BCUT2D eigenvalue weighted by molar-refractivity contribution is 0.161. The highest BCUT2D eigenvalue weighted by atomic mass is 14.8. The van der Waals surface area contributed by atoms with Gasteiger partial charge in [-0.05, 0) is 56.5 Å². The Labute approximate surface area is 108 Å². The van der Waals surface area contributed by atoms with E-state index in [-0.39, 0.29) is 0 Å². The molecule has 3 unspecified atom stereocenters. The van der Waals surface area contributed by atoms with Gasteiger partial charge in [0, 0.05) is 0 Å². The molecule has 0 bridgehead atoms. The summed E-state index contributed by atoms with van der Waals surface area (Å²) in [5, 5.41) is 3.55. The van der Waals surface area contributed by atoms with Crippen LogP contribution in [0.25, 0.3) is 0 Å². The van der Waals surface area contributed by atoms with Crippen LogP contribution in [0.5, 0.6) is 0 Å². The molecule has 0 radical (unpaired) electrons. The SMILES string of the molecule is C=CCCC1CC(CCC)CCC1CNCC. The van der Waals surface area contributed by atoms with E-state index in [1.54, 1.807) is 0 Å². The van der Waals surface area contributed by atoms with Crippen molar-refractivity contribution in [1.29, 1.82) is 0 Å². The molecule has 1 nitrogen and oxygen atoms in total. The zero-order valence-electron chi connectivity index (χ0n) is 11.9. The fourth-order valence-electron chi connectivity index (χ4n) is 3.38. The first-order valence-electron chi connectivity index (χ1n) is 7.63. The van der Waals surface area contributed by atoms with Gasteiger partial charge in [-0.25, -0.2) is 0 Å². The first kappa shape index (κ1) is 14.8. The Bertz CT molecular complexity index is 200. The Hall–Kier alpha value is -0.300. The Balaban J connectivity index is 2.42. The smallest absolute Gasteiger partial charge is 0.00180 e. The molecule has 1 saturated carbocycles. The van der Waals surface area contributed by atoms with E-state index in [2.05, 4.69) is 31.8 Å². The van der Waals surface area contributed by atoms with Gasteiger partial charge < -0.3 is 5.32 Å². The van der Waals surface area contributed by atoms with Crippen molar-refractivity contribution in [2.75, 3.05) is 13.1 Å². The predicted octanol–water partition coefficient (Wildman–Crippen LogP) is 4.39. The fraction of sp³-hybridized carbons (Fsp3) is 0.875. The summed E-state index contributed by atoms with van der Waals surface area (Å²) in [4.78, 5) is 0. The second kappa shape index (κ2) is 8.74. The summed E-state index contributed by atoms with van der Waals surface area (Å²) in [6.45, 7) is 10.8. The van der Waals surface area contributed by atoms with Crippen molar-refractivity contribution < 1.29 is 0 Å². The molecular formula is C16H31N. The Kier molecular flexibility index (Phi) is 7.59. The number of allylic oxidation sites excluding steroid dienone is 1. The van der Waals surface area contributed by atoms with Crippen molar-refractivity contribution in [1.82, 2.24) is 5.32 Å². The van der Waals surface area contributed by atoms with Crippen molar-refractivity contribution in [3.05, 3.63) is 12.7 Å². The van der Waals surface area contributed by atoms with Gasteiger partial charge in [-0.3, -0.25) is 0 Å². The monoisotopic (exact) mass is 237 g/mol. The van der Waals surface area contributed by atoms with Crippen LogP contribution in [-0.2, 0) is 0 Å². The molecule has 1 fully saturated rings. The van der Waals surface area contributed by atoms with E-state index in [4.69, 9.17) is 0 Å². The molecule has 1 heteroatoms. The highest BCUT2D eigenvalue weighted by Crippen LogP contribution is 2.38. The summed E-state index contributed by atoms with van der Waals surface area (Å²) in [5.41, 5.74) is 0. The normalized spacial score (nSPS) is 29.2. The maximum Gasteiger partial charge on any atom is -0.00180 e. The summed E-state index contributed by atoms with van der Waals surface area (Å²) in [6, 6.07) is 0. The lowest BCUT2D eigenvalue weighted by Gasteiger charge is -2.36. The summed E-state index contributed by atoms with van der Waals surface area (Å²) < 4.78 is 0. The molecule has 0 saturated heterocycles. The van der Waals surface area contributed by atoms with Crippen LogP contribution in [0, 0.1) is 17.8 Å². The Morgan fingerprint density at radius 1 is 1.18 bits per heavy atom. The highest BCUT2D eigenvalue weighted by molar-refractivity contribution is 4.83. The molecule has 17 heavy (non-hydrogen) atoms. The van der Waals surface area contributed by atoms with Gasteiger partial charge in [0.15, 0.2) is 0 Å². The average molecular weight is 237 g/mol. The van der Waals surface area contributed by atoms with Gasteiger partial charge in [0.25, 0.3) is 0 Å². The van der Waals surface area contributed by atoms with Gasteiger partial charge >= 0.3 is 0 Å². The molecule has 1 aliphatic carbocycles. The molecule has 1 aliphatic rings. The molecular weight excluding hydrogens is 206 g/mol. The topological polar surface area (TPSA) is 12.0 Å². The van der Waals surface area contributed by atoms with E-state index in [0.29, 0.717) is 0 Å². The van der Waals surface area contributed by atoms with Crippen LogP contribution in [0.2, 0.25) is 0 Å². The lowest BCUT2D eigenvalue weighted by Crippen LogP contribution is -2.33. The fourth-order valence-corrected chi connectivity index (χ4v) is 3.38. The Morgan fingerprint density at radius 2 is 2.00 bits per heavy atom. The zero-order chi connectivity index (χ0) is 12.5. The third kappa shape index (κ3) is 5.25. The van der Waals surface area contributed by atoms with E-state index in [0.717, 1.165) is 24.3 Å². The first-order valence-corrected chi connectivity index (χ1v) is 7.63. The van der Waals surface area contributed by atoms with Crippen molar-refractivity contribution in [3.63, 3.8) is 0 Å². The van der Waals surface area contributed by atoms with Crippen molar-refractivity contribution in [3.8, 4) is 0 Å². The lowest BCUT2D eigenvalue weighted by atomic mass is 9.71. The minimum absolute atomic E-state index is 0.919. The predicted molar refractivity (Wildman–Crippen MR) is 77.2 cm³/mol. The van der Waals surface area contributed by atoms with Crippen LogP contribution < -0.4 is 5.32 Å². The molecule has 0 aromatic carbocycles. The largest absolute Gasteiger partial charge is 0.317 e. The summed E-state index contributed by atoms with van der Waals surface area (Å²) >= 11 is 0. The standard InChI is InChI=1S/C16H31N/c1-4-7-9-15-12-14(8-5-2)10-11-16(15)13-17-6-3/h4,14-17H,1,5-13H2,2-3H3. The molecule has 0 amide bonds. The number of nitrogens with one attached hydrogen (secondary N) is 1. The second-order valence-electron chi connectivity index (χ2n) is 5.66. The van der Waals surface area contributed by atoms with Gasteiger partial charge in [-0.1, -0.05) is 39.2 Å². The second-order valence-corrected chi connectivity index (χ2v) is 5.66. The van der Waals surface area contributed by atoms with E-state index in [1.165, 1.54) is 51.5 Å². The molecule has 1 rings (SSSR count). The van der Waals surface area contributed by atoms with Crippen LogP contribution >= 0.6 is 0 Å². The number of hydrogen-bond acceptors (Lipinski definition) is 1. The van der Waals surface area contributed by atoms with Crippen molar-refractivity contribution in [2.24, 2.45) is 17.8 Å². The van der Waals surface area contributed by atoms with Gasteiger partial charge in [-0.15, -0.1) is 6.58 Å². The molecule has 1 N–H and O–H groups in total. The average Bonchev–Trinajstić information content (AvgIpc) is 2.35. The third-order valence-corrected chi connectivity index (χ3v) is 4.34. The third-order valence-electron chi connectivity index (χ3n) is 4.34. The van der Waals surface area contributed by atoms with Gasteiger partial charge in [0.2, 0.25) is 0 Å². The van der Waals surface area contributed by atoms with E-state index < -0.39 is 0 Å². The minimum atomic E-state index is 0.919. The van der Waals surface area contributed by atoms with E-state index >= 15 is 0 Å². The van der Waals surface area contributed by atoms with Crippen LogP contribution in [-0.4, -0.2) is 13.1 Å². The molecule has 0 spiro atoms. The van der Waals surface area contributed by atoms with Crippen molar-refractivity contribution >= 4 is 0 Å². The van der Waals surface area contributed by atoms with Crippen molar-refractivity contribution in [2.45, 2.75) is 58.8 Å². The molecule has 100 valence electrons. The zero-order valence-corrected chi connectivity index (χ0v) is 11.9. The molecule has 0 aliphatic heterocycles. The van der Waals surface area contributed by atoms with Gasteiger partial charge in [0.1, 0.15) is 0 Å². The summed E-state index contributed by atoms with van der Waals surface area (Å²) in [6.07, 6.45) is 11.8. The molecule has 0 aromatic heterocycles. The van der Waals surface area contributed by atoms with Crippen LogP contribution in [0.1, 0.15) is 58.8 Å². The van der Waals surface area contributed by atoms with E-state index in [9.17, 15) is 0 Å². The van der Waals surface area contributed by atoms with Crippen LogP contribution in [0.3, 0.4) is 0 Å². The maximum absolute atomic E-state index is 3.87. The molecule has 0 aromatic rings. The Morgan fingerprint density at radius 3 is 2.65 bits per heavy atom. The number of rotatable bonds is 8. The molecule has 3 atom stereocenters. The van der Waals surface area contributed by atoms with Gasteiger partial charge in [-0.2, -0.15) is 0 Å².